The Kier molecular flexibility index (Phi) is 5.92. The molecule has 1 aromatic heterocycles. The third kappa shape index (κ3) is 5.07. The molecule has 5 nitrogen and oxygen atoms in total. The number of hydrogen-bond donors (Lipinski definition) is 2. The van der Waals surface area contributed by atoms with E-state index < -0.39 is 10.8 Å². The molecule has 0 aromatic carbocycles. The Hall–Kier alpha value is -1.17. The number of rotatable bonds is 6. The van der Waals surface area contributed by atoms with Gasteiger partial charge < -0.3 is 10.6 Å². The van der Waals surface area contributed by atoms with Crippen LogP contribution in [0.25, 0.3) is 0 Å². The summed E-state index contributed by atoms with van der Waals surface area (Å²) in [6, 6.07) is 1.89. The Labute approximate surface area is 124 Å². The van der Waals surface area contributed by atoms with Crippen molar-refractivity contribution in [2.24, 2.45) is 0 Å². The van der Waals surface area contributed by atoms with Crippen molar-refractivity contribution in [1.29, 1.82) is 0 Å². The van der Waals surface area contributed by atoms with Crippen LogP contribution in [-0.2, 0) is 16.2 Å². The second-order valence-corrected chi connectivity index (χ2v) is 7.79. The molecule has 0 amide bonds. The highest BCUT2D eigenvalue weighted by Gasteiger charge is 2.19. The third-order valence-electron chi connectivity index (χ3n) is 3.08. The van der Waals surface area contributed by atoms with Crippen molar-refractivity contribution in [2.45, 2.75) is 44.8 Å². The number of nitrogens with one attached hydrogen (secondary N) is 2. The van der Waals surface area contributed by atoms with E-state index in [2.05, 4.69) is 41.4 Å². The maximum Gasteiger partial charge on any atom is 0.138 e. The first kappa shape index (κ1) is 16.9. The number of anilines is 2. The van der Waals surface area contributed by atoms with Gasteiger partial charge in [-0.2, -0.15) is 0 Å². The average molecular weight is 298 g/mol. The van der Waals surface area contributed by atoms with Gasteiger partial charge in [0.1, 0.15) is 17.5 Å². The van der Waals surface area contributed by atoms with Gasteiger partial charge >= 0.3 is 0 Å². The summed E-state index contributed by atoms with van der Waals surface area (Å²) in [7, 11) is 1.07. The molecule has 0 aliphatic carbocycles. The number of hydrogen-bond acceptors (Lipinski definition) is 5. The summed E-state index contributed by atoms with van der Waals surface area (Å²) in [6.07, 6.45) is 2.60. The minimum Gasteiger partial charge on any atom is -0.373 e. The molecular weight excluding hydrogens is 272 g/mol. The Morgan fingerprint density at radius 3 is 2.40 bits per heavy atom. The molecule has 0 spiro atoms. The first-order valence-electron chi connectivity index (χ1n) is 6.87. The van der Waals surface area contributed by atoms with E-state index in [1.54, 1.807) is 6.26 Å². The fourth-order valence-corrected chi connectivity index (χ4v) is 2.02. The Morgan fingerprint density at radius 2 is 1.90 bits per heavy atom. The van der Waals surface area contributed by atoms with Gasteiger partial charge in [0.25, 0.3) is 0 Å². The molecule has 0 saturated heterocycles. The summed E-state index contributed by atoms with van der Waals surface area (Å²) in [5, 5.41) is 6.54. The van der Waals surface area contributed by atoms with E-state index in [9.17, 15) is 4.21 Å². The van der Waals surface area contributed by atoms with Crippen LogP contribution in [-0.4, -0.2) is 39.3 Å². The highest BCUT2D eigenvalue weighted by atomic mass is 32.2. The molecule has 114 valence electrons. The van der Waals surface area contributed by atoms with Gasteiger partial charge in [0.05, 0.1) is 0 Å². The largest absolute Gasteiger partial charge is 0.373 e. The van der Waals surface area contributed by atoms with Gasteiger partial charge in [-0.1, -0.05) is 27.7 Å². The van der Waals surface area contributed by atoms with Crippen molar-refractivity contribution in [3.8, 4) is 0 Å². The number of nitrogens with zero attached hydrogens (tertiary/aromatic N) is 2. The molecule has 0 saturated carbocycles. The second-order valence-electron chi connectivity index (χ2n) is 5.99. The van der Waals surface area contributed by atoms with E-state index >= 15 is 0 Å². The van der Waals surface area contributed by atoms with Gasteiger partial charge in [0.15, 0.2) is 0 Å². The van der Waals surface area contributed by atoms with E-state index in [1.807, 2.05) is 20.0 Å². The lowest BCUT2D eigenvalue weighted by Crippen LogP contribution is -2.19. The van der Waals surface area contributed by atoms with Gasteiger partial charge in [-0.15, -0.1) is 0 Å². The van der Waals surface area contributed by atoms with Crippen LogP contribution in [0.5, 0.6) is 0 Å². The summed E-state index contributed by atoms with van der Waals surface area (Å²) >= 11 is 0. The van der Waals surface area contributed by atoms with Crippen molar-refractivity contribution < 1.29 is 4.21 Å². The lowest BCUT2D eigenvalue weighted by atomic mass is 9.96. The molecule has 6 heteroatoms. The molecule has 1 heterocycles. The molecule has 2 N–H and O–H groups in total. The molecule has 0 bridgehead atoms. The van der Waals surface area contributed by atoms with Crippen LogP contribution in [0.2, 0.25) is 0 Å². The standard InChI is InChI=1S/C14H26N4OS/c1-10(20(6)19)7-8-16-12-9-11(15-5)17-13(18-12)14(2,3)4/h9-10H,7-8H2,1-6H3,(H2,15,16,17,18). The van der Waals surface area contributed by atoms with E-state index in [-0.39, 0.29) is 10.7 Å². The van der Waals surface area contributed by atoms with Crippen LogP contribution in [0.1, 0.15) is 39.9 Å². The zero-order chi connectivity index (χ0) is 15.3. The van der Waals surface area contributed by atoms with Crippen molar-refractivity contribution in [1.82, 2.24) is 9.97 Å². The fraction of sp³-hybridized carbons (Fsp3) is 0.714. The lowest BCUT2D eigenvalue weighted by molar-refractivity contribution is 0.546. The van der Waals surface area contributed by atoms with E-state index in [4.69, 9.17) is 0 Å². The maximum absolute atomic E-state index is 11.3. The molecular formula is C14H26N4OS. The van der Waals surface area contributed by atoms with E-state index in [1.165, 1.54) is 0 Å². The Bertz CT molecular complexity index is 471. The molecule has 20 heavy (non-hydrogen) atoms. The zero-order valence-corrected chi connectivity index (χ0v) is 14.1. The molecule has 0 fully saturated rings. The van der Waals surface area contributed by atoms with Crippen molar-refractivity contribution in [3.05, 3.63) is 11.9 Å². The zero-order valence-electron chi connectivity index (χ0n) is 13.3. The van der Waals surface area contributed by atoms with Gasteiger partial charge in [0.2, 0.25) is 0 Å². The average Bonchev–Trinajstić information content (AvgIpc) is 2.37. The predicted molar refractivity (Wildman–Crippen MR) is 86.9 cm³/mol. The minimum absolute atomic E-state index is 0.0957. The summed E-state index contributed by atoms with van der Waals surface area (Å²) < 4.78 is 11.3. The molecule has 1 aromatic rings. The van der Waals surface area contributed by atoms with Gasteiger partial charge in [-0.05, 0) is 6.42 Å². The molecule has 2 atom stereocenters. The normalized spacial score (nSPS) is 14.7. The Morgan fingerprint density at radius 1 is 1.30 bits per heavy atom. The molecule has 0 aliphatic rings. The van der Waals surface area contributed by atoms with Crippen LogP contribution < -0.4 is 10.6 Å². The van der Waals surface area contributed by atoms with Gasteiger partial charge in [0, 0.05) is 47.4 Å². The van der Waals surface area contributed by atoms with E-state index in [0.717, 1.165) is 30.4 Å². The lowest BCUT2D eigenvalue weighted by Gasteiger charge is -2.19. The van der Waals surface area contributed by atoms with Crippen LogP contribution in [0.15, 0.2) is 6.07 Å². The first-order valence-corrected chi connectivity index (χ1v) is 8.49. The van der Waals surface area contributed by atoms with Crippen molar-refractivity contribution >= 4 is 22.4 Å². The highest BCUT2D eigenvalue weighted by molar-refractivity contribution is 7.84. The van der Waals surface area contributed by atoms with Crippen LogP contribution >= 0.6 is 0 Å². The van der Waals surface area contributed by atoms with Gasteiger partial charge in [-0.3, -0.25) is 4.21 Å². The summed E-state index contributed by atoms with van der Waals surface area (Å²) in [5.41, 5.74) is -0.0957. The topological polar surface area (TPSA) is 66.9 Å². The van der Waals surface area contributed by atoms with Crippen molar-refractivity contribution in [3.63, 3.8) is 0 Å². The summed E-state index contributed by atoms with van der Waals surface area (Å²) in [6.45, 7) is 9.03. The van der Waals surface area contributed by atoms with E-state index in [0.29, 0.717) is 0 Å². The van der Waals surface area contributed by atoms with Crippen LogP contribution in [0.4, 0.5) is 11.6 Å². The second kappa shape index (κ2) is 7.02. The van der Waals surface area contributed by atoms with Crippen molar-refractivity contribution in [2.75, 3.05) is 30.5 Å². The third-order valence-corrected chi connectivity index (χ3v) is 4.45. The number of aromatic nitrogens is 2. The monoisotopic (exact) mass is 298 g/mol. The first-order chi connectivity index (χ1) is 9.24. The Balaban J connectivity index is 2.77. The summed E-state index contributed by atoms with van der Waals surface area (Å²) in [4.78, 5) is 9.04. The smallest absolute Gasteiger partial charge is 0.138 e. The summed E-state index contributed by atoms with van der Waals surface area (Å²) in [5.74, 6) is 2.42. The maximum atomic E-state index is 11.3. The van der Waals surface area contributed by atoms with Gasteiger partial charge in [-0.25, -0.2) is 9.97 Å². The highest BCUT2D eigenvalue weighted by Crippen LogP contribution is 2.22. The quantitative estimate of drug-likeness (QED) is 0.844. The molecule has 2 unspecified atom stereocenters. The minimum atomic E-state index is -0.778. The SMILES string of the molecule is CNc1cc(NCCC(C)S(C)=O)nc(C(C)(C)C)n1. The fourth-order valence-electron chi connectivity index (χ4n) is 1.57. The molecule has 1 rings (SSSR count). The molecule has 0 radical (unpaired) electrons. The van der Waals surface area contributed by atoms with Crippen LogP contribution in [0, 0.1) is 0 Å². The predicted octanol–water partition coefficient (Wildman–Crippen LogP) is 2.38. The van der Waals surface area contributed by atoms with Crippen LogP contribution in [0.3, 0.4) is 0 Å². The molecule has 0 aliphatic heterocycles.